The van der Waals surface area contributed by atoms with Crippen molar-refractivity contribution in [3.63, 3.8) is 0 Å². The molecule has 8 heteroatoms. The second kappa shape index (κ2) is 7.81. The largest absolute Gasteiger partial charge is 0.379 e. The standard InChI is InChI=1S/C15H29N3O4S/c1-12(11-17-4-7-22-8-5-17)10-16-15(19)18-6-9-23(20,21)14(3)13(18)2/h12-14H,4-11H2,1-3H3,(H,16,19). The quantitative estimate of drug-likeness (QED) is 0.784. The van der Waals surface area contributed by atoms with Crippen LogP contribution in [0.3, 0.4) is 0 Å². The molecule has 134 valence electrons. The molecule has 2 amide bonds. The van der Waals surface area contributed by atoms with Crippen LogP contribution >= 0.6 is 0 Å². The van der Waals surface area contributed by atoms with Gasteiger partial charge in [-0.1, -0.05) is 6.92 Å². The Balaban J connectivity index is 1.78. The molecule has 0 aromatic carbocycles. The number of morpholine rings is 1. The Morgan fingerprint density at radius 3 is 2.57 bits per heavy atom. The number of hydrogen-bond donors (Lipinski definition) is 1. The summed E-state index contributed by atoms with van der Waals surface area (Å²) in [6, 6.07) is -0.448. The number of amides is 2. The van der Waals surface area contributed by atoms with Crippen LogP contribution in [0.25, 0.3) is 0 Å². The van der Waals surface area contributed by atoms with Crippen molar-refractivity contribution < 1.29 is 17.9 Å². The first-order chi connectivity index (χ1) is 10.8. The Labute approximate surface area is 139 Å². The van der Waals surface area contributed by atoms with Gasteiger partial charge in [-0.05, 0) is 19.8 Å². The van der Waals surface area contributed by atoms with Crippen LogP contribution in [0.1, 0.15) is 20.8 Å². The van der Waals surface area contributed by atoms with Crippen LogP contribution < -0.4 is 5.32 Å². The van der Waals surface area contributed by atoms with Crippen molar-refractivity contribution in [2.75, 3.05) is 51.7 Å². The van der Waals surface area contributed by atoms with Crippen molar-refractivity contribution in [1.82, 2.24) is 15.1 Å². The molecule has 1 N–H and O–H groups in total. The van der Waals surface area contributed by atoms with E-state index in [0.29, 0.717) is 12.5 Å². The summed E-state index contributed by atoms with van der Waals surface area (Å²) in [5, 5.41) is 2.45. The molecule has 2 heterocycles. The molecule has 2 aliphatic heterocycles. The number of carbonyl (C=O) groups excluding carboxylic acids is 1. The molecule has 0 aromatic heterocycles. The predicted molar refractivity (Wildman–Crippen MR) is 89.2 cm³/mol. The normalized spacial score (nSPS) is 30.0. The number of carbonyl (C=O) groups is 1. The first-order valence-electron chi connectivity index (χ1n) is 8.37. The number of nitrogens with zero attached hydrogens (tertiary/aromatic N) is 2. The maximum absolute atomic E-state index is 12.3. The van der Waals surface area contributed by atoms with Crippen molar-refractivity contribution >= 4 is 15.9 Å². The number of nitrogens with one attached hydrogen (secondary N) is 1. The molecule has 7 nitrogen and oxygen atoms in total. The zero-order valence-corrected chi connectivity index (χ0v) is 15.1. The molecule has 23 heavy (non-hydrogen) atoms. The lowest BCUT2D eigenvalue weighted by Crippen LogP contribution is -2.57. The van der Waals surface area contributed by atoms with Gasteiger partial charge in [0.1, 0.15) is 0 Å². The van der Waals surface area contributed by atoms with Gasteiger partial charge in [-0.2, -0.15) is 0 Å². The van der Waals surface area contributed by atoms with E-state index in [1.54, 1.807) is 18.7 Å². The number of ether oxygens (including phenoxy) is 1. The highest BCUT2D eigenvalue weighted by Crippen LogP contribution is 2.19. The van der Waals surface area contributed by atoms with Crippen molar-refractivity contribution in [3.8, 4) is 0 Å². The van der Waals surface area contributed by atoms with Gasteiger partial charge in [-0.25, -0.2) is 13.2 Å². The predicted octanol–water partition coefficient (Wildman–Crippen LogP) is 0.172. The van der Waals surface area contributed by atoms with Gasteiger partial charge in [0.05, 0.1) is 24.2 Å². The first-order valence-corrected chi connectivity index (χ1v) is 10.1. The van der Waals surface area contributed by atoms with Gasteiger partial charge in [-0.15, -0.1) is 0 Å². The maximum atomic E-state index is 12.3. The zero-order valence-electron chi connectivity index (χ0n) is 14.3. The summed E-state index contributed by atoms with van der Waals surface area (Å²) in [5.74, 6) is 0.397. The molecule has 2 aliphatic rings. The van der Waals surface area contributed by atoms with E-state index in [9.17, 15) is 13.2 Å². The van der Waals surface area contributed by atoms with Gasteiger partial charge in [0, 0.05) is 38.8 Å². The van der Waals surface area contributed by atoms with Crippen molar-refractivity contribution in [2.45, 2.75) is 32.1 Å². The van der Waals surface area contributed by atoms with E-state index in [-0.39, 0.29) is 24.4 Å². The van der Waals surface area contributed by atoms with Gasteiger partial charge in [0.15, 0.2) is 9.84 Å². The molecule has 3 atom stereocenters. The van der Waals surface area contributed by atoms with E-state index >= 15 is 0 Å². The summed E-state index contributed by atoms with van der Waals surface area (Å²) < 4.78 is 29.1. The summed E-state index contributed by atoms with van der Waals surface area (Å²) in [4.78, 5) is 16.3. The van der Waals surface area contributed by atoms with E-state index in [0.717, 1.165) is 32.8 Å². The van der Waals surface area contributed by atoms with Crippen molar-refractivity contribution in [1.29, 1.82) is 0 Å². The summed E-state index contributed by atoms with van der Waals surface area (Å²) in [5.41, 5.74) is 0. The molecule has 0 radical (unpaired) electrons. The average Bonchev–Trinajstić information content (AvgIpc) is 2.51. The third-order valence-corrected chi connectivity index (χ3v) is 7.17. The summed E-state index contributed by atoms with van der Waals surface area (Å²) in [6.45, 7) is 10.8. The Bertz CT molecular complexity index is 505. The second-order valence-electron chi connectivity index (χ2n) is 6.71. The van der Waals surface area contributed by atoms with Gasteiger partial charge < -0.3 is 15.0 Å². The van der Waals surface area contributed by atoms with Crippen LogP contribution in [-0.2, 0) is 14.6 Å². The molecule has 0 spiro atoms. The fourth-order valence-electron chi connectivity index (χ4n) is 3.11. The van der Waals surface area contributed by atoms with Crippen LogP contribution in [0.5, 0.6) is 0 Å². The molecule has 0 aliphatic carbocycles. The molecule has 2 rings (SSSR count). The number of rotatable bonds is 4. The zero-order chi connectivity index (χ0) is 17.0. The molecule has 2 saturated heterocycles. The second-order valence-corrected chi connectivity index (χ2v) is 9.19. The molecule has 0 aromatic rings. The van der Waals surface area contributed by atoms with Crippen molar-refractivity contribution in [2.24, 2.45) is 5.92 Å². The van der Waals surface area contributed by atoms with E-state index in [4.69, 9.17) is 4.74 Å². The summed E-state index contributed by atoms with van der Waals surface area (Å²) in [7, 11) is -3.07. The van der Waals surface area contributed by atoms with Gasteiger partial charge in [0.2, 0.25) is 0 Å². The summed E-state index contributed by atoms with van der Waals surface area (Å²) >= 11 is 0. The number of sulfone groups is 1. The SMILES string of the molecule is CC(CNC(=O)N1CCS(=O)(=O)C(C)C1C)CN1CCOCC1. The van der Waals surface area contributed by atoms with Crippen LogP contribution in [0.4, 0.5) is 4.79 Å². The smallest absolute Gasteiger partial charge is 0.317 e. The monoisotopic (exact) mass is 347 g/mol. The fourth-order valence-corrected chi connectivity index (χ4v) is 4.68. The highest BCUT2D eigenvalue weighted by atomic mass is 32.2. The molecular weight excluding hydrogens is 318 g/mol. The highest BCUT2D eigenvalue weighted by Gasteiger charge is 2.37. The minimum Gasteiger partial charge on any atom is -0.379 e. The minimum absolute atomic E-state index is 0.0509. The van der Waals surface area contributed by atoms with Gasteiger partial charge in [-0.3, -0.25) is 4.90 Å². The van der Waals surface area contributed by atoms with E-state index in [1.165, 1.54) is 0 Å². The van der Waals surface area contributed by atoms with E-state index < -0.39 is 15.1 Å². The van der Waals surface area contributed by atoms with Gasteiger partial charge in [0.25, 0.3) is 0 Å². The Kier molecular flexibility index (Phi) is 6.27. The maximum Gasteiger partial charge on any atom is 0.317 e. The number of urea groups is 1. The molecular formula is C15H29N3O4S. The van der Waals surface area contributed by atoms with E-state index in [2.05, 4.69) is 17.1 Å². The Morgan fingerprint density at radius 2 is 1.91 bits per heavy atom. The van der Waals surface area contributed by atoms with Crippen LogP contribution in [0, 0.1) is 5.92 Å². The molecule has 0 saturated carbocycles. The first kappa shape index (κ1) is 18.5. The van der Waals surface area contributed by atoms with Crippen molar-refractivity contribution in [3.05, 3.63) is 0 Å². The Morgan fingerprint density at radius 1 is 1.26 bits per heavy atom. The highest BCUT2D eigenvalue weighted by molar-refractivity contribution is 7.92. The Hall–Kier alpha value is -0.860. The minimum atomic E-state index is -3.07. The molecule has 3 unspecified atom stereocenters. The number of hydrogen-bond acceptors (Lipinski definition) is 5. The fraction of sp³-hybridized carbons (Fsp3) is 0.933. The topological polar surface area (TPSA) is 79.0 Å². The third-order valence-electron chi connectivity index (χ3n) is 4.89. The van der Waals surface area contributed by atoms with Gasteiger partial charge >= 0.3 is 6.03 Å². The lowest BCUT2D eigenvalue weighted by atomic mass is 10.1. The van der Waals surface area contributed by atoms with Crippen LogP contribution in [-0.4, -0.2) is 87.2 Å². The van der Waals surface area contributed by atoms with Crippen LogP contribution in [0.15, 0.2) is 0 Å². The summed E-state index contributed by atoms with van der Waals surface area (Å²) in [6.07, 6.45) is 0. The lowest BCUT2D eigenvalue weighted by Gasteiger charge is -2.37. The lowest BCUT2D eigenvalue weighted by molar-refractivity contribution is 0.0318. The van der Waals surface area contributed by atoms with E-state index in [1.807, 2.05) is 0 Å². The molecule has 2 fully saturated rings. The molecule has 0 bridgehead atoms. The third kappa shape index (κ3) is 4.81. The average molecular weight is 347 g/mol. The van der Waals surface area contributed by atoms with Crippen LogP contribution in [0.2, 0.25) is 0 Å².